The molecule has 0 aliphatic carbocycles. The molecule has 0 aromatic heterocycles. The average Bonchev–Trinajstić information content (AvgIpc) is 2.23. The molecule has 0 spiro atoms. The van der Waals surface area contributed by atoms with Crippen LogP contribution in [0.3, 0.4) is 0 Å². The van der Waals surface area contributed by atoms with Crippen molar-refractivity contribution < 1.29 is 14.7 Å². The second-order valence-corrected chi connectivity index (χ2v) is 3.61. The Labute approximate surface area is 94.6 Å². The summed E-state index contributed by atoms with van der Waals surface area (Å²) in [6.07, 6.45) is -0.393. The summed E-state index contributed by atoms with van der Waals surface area (Å²) in [5, 5.41) is 17.1. The van der Waals surface area contributed by atoms with E-state index in [9.17, 15) is 9.59 Å². The van der Waals surface area contributed by atoms with Crippen molar-refractivity contribution >= 4 is 11.9 Å². The van der Waals surface area contributed by atoms with E-state index in [1.54, 1.807) is 13.8 Å². The van der Waals surface area contributed by atoms with Crippen LogP contribution in [0.2, 0.25) is 0 Å². The van der Waals surface area contributed by atoms with Gasteiger partial charge in [0, 0.05) is 13.1 Å². The fourth-order valence-corrected chi connectivity index (χ4v) is 1.26. The molecule has 2 unspecified atom stereocenters. The summed E-state index contributed by atoms with van der Waals surface area (Å²) < 4.78 is 0. The Morgan fingerprint density at radius 1 is 1.56 bits per heavy atom. The molecule has 0 radical (unpaired) electrons. The third kappa shape index (κ3) is 4.75. The van der Waals surface area contributed by atoms with Crippen LogP contribution in [0.25, 0.3) is 0 Å². The lowest BCUT2D eigenvalue weighted by Gasteiger charge is -2.24. The fraction of sp³-hybridized carbons (Fsp3) is 0.700. The van der Waals surface area contributed by atoms with E-state index in [0.717, 1.165) is 0 Å². The number of hydrogen-bond donors (Lipinski definition) is 2. The van der Waals surface area contributed by atoms with Gasteiger partial charge in [-0.15, -0.1) is 0 Å². The number of carbonyl (C=O) groups is 2. The minimum absolute atomic E-state index is 0.277. The zero-order valence-corrected chi connectivity index (χ0v) is 9.51. The highest BCUT2D eigenvalue weighted by atomic mass is 16.4. The summed E-state index contributed by atoms with van der Waals surface area (Å²) in [5.74, 6) is -1.82. The first-order valence-corrected chi connectivity index (χ1v) is 5.08. The Hall–Kier alpha value is -1.61. The molecule has 3 N–H and O–H groups in total. The standard InChI is InChI=1S/C10H17N3O3/c1-3-13(6-7(2)5-11)10(16)8(12)4-9(14)15/h7-8H,3-4,6,12H2,1-2H3,(H,14,15). The molecular formula is C10H17N3O3. The second kappa shape index (κ2) is 6.80. The number of rotatable bonds is 6. The van der Waals surface area contributed by atoms with Crippen LogP contribution in [-0.2, 0) is 9.59 Å². The highest BCUT2D eigenvalue weighted by Crippen LogP contribution is 2.02. The first-order chi connectivity index (χ1) is 7.42. The second-order valence-electron chi connectivity index (χ2n) is 3.61. The normalized spacial score (nSPS) is 13.6. The Kier molecular flexibility index (Phi) is 6.11. The molecule has 0 saturated heterocycles. The number of amides is 1. The Morgan fingerprint density at radius 3 is 2.50 bits per heavy atom. The van der Waals surface area contributed by atoms with E-state index in [4.69, 9.17) is 16.1 Å². The fourth-order valence-electron chi connectivity index (χ4n) is 1.26. The number of aliphatic carboxylic acids is 1. The molecule has 6 nitrogen and oxygen atoms in total. The number of carboxylic acids is 1. The van der Waals surface area contributed by atoms with Gasteiger partial charge in [0.05, 0.1) is 24.4 Å². The van der Waals surface area contributed by atoms with E-state index >= 15 is 0 Å². The van der Waals surface area contributed by atoms with Crippen molar-refractivity contribution in [2.24, 2.45) is 11.7 Å². The lowest BCUT2D eigenvalue weighted by molar-refractivity contribution is -0.142. The van der Waals surface area contributed by atoms with Gasteiger partial charge in [-0.2, -0.15) is 5.26 Å². The molecule has 0 aromatic carbocycles. The topological polar surface area (TPSA) is 107 Å². The third-order valence-electron chi connectivity index (χ3n) is 2.12. The van der Waals surface area contributed by atoms with E-state index in [1.807, 2.05) is 6.07 Å². The molecule has 0 aromatic rings. The highest BCUT2D eigenvalue weighted by Gasteiger charge is 2.23. The maximum atomic E-state index is 11.7. The van der Waals surface area contributed by atoms with Crippen molar-refractivity contribution in [1.29, 1.82) is 5.26 Å². The Morgan fingerprint density at radius 2 is 2.12 bits per heavy atom. The molecule has 0 fully saturated rings. The van der Waals surface area contributed by atoms with Crippen LogP contribution < -0.4 is 5.73 Å². The number of carboxylic acid groups (broad SMARTS) is 1. The van der Waals surface area contributed by atoms with Crippen LogP contribution in [0.4, 0.5) is 0 Å². The van der Waals surface area contributed by atoms with Crippen LogP contribution >= 0.6 is 0 Å². The summed E-state index contributed by atoms with van der Waals surface area (Å²) >= 11 is 0. The SMILES string of the molecule is CCN(CC(C)C#N)C(=O)C(N)CC(=O)O. The minimum atomic E-state index is -1.11. The van der Waals surface area contributed by atoms with Crippen LogP contribution in [-0.4, -0.2) is 41.0 Å². The van der Waals surface area contributed by atoms with Crippen molar-refractivity contribution in [3.8, 4) is 6.07 Å². The molecule has 0 heterocycles. The lowest BCUT2D eigenvalue weighted by Crippen LogP contribution is -2.46. The van der Waals surface area contributed by atoms with Gasteiger partial charge in [0.25, 0.3) is 0 Å². The number of nitriles is 1. The summed E-state index contributed by atoms with van der Waals surface area (Å²) in [4.78, 5) is 23.5. The van der Waals surface area contributed by atoms with E-state index in [0.29, 0.717) is 6.54 Å². The number of likely N-dealkylation sites (N-methyl/N-ethyl adjacent to an activating group) is 1. The predicted octanol–water partition coefficient (Wildman–Crippen LogP) is -0.203. The largest absolute Gasteiger partial charge is 0.481 e. The highest BCUT2D eigenvalue weighted by molar-refractivity contribution is 5.85. The quantitative estimate of drug-likeness (QED) is 0.653. The smallest absolute Gasteiger partial charge is 0.305 e. The van der Waals surface area contributed by atoms with Crippen LogP contribution in [0.5, 0.6) is 0 Å². The average molecular weight is 227 g/mol. The van der Waals surface area contributed by atoms with Crippen molar-refractivity contribution in [2.45, 2.75) is 26.3 Å². The van der Waals surface area contributed by atoms with Gasteiger partial charge >= 0.3 is 5.97 Å². The first kappa shape index (κ1) is 14.4. The van der Waals surface area contributed by atoms with Crippen molar-refractivity contribution in [2.75, 3.05) is 13.1 Å². The minimum Gasteiger partial charge on any atom is -0.481 e. The van der Waals surface area contributed by atoms with Gasteiger partial charge < -0.3 is 15.7 Å². The van der Waals surface area contributed by atoms with Gasteiger partial charge in [-0.05, 0) is 13.8 Å². The molecular weight excluding hydrogens is 210 g/mol. The Balaban J connectivity index is 4.41. The van der Waals surface area contributed by atoms with Gasteiger partial charge in [0.15, 0.2) is 0 Å². The van der Waals surface area contributed by atoms with Gasteiger partial charge in [0.2, 0.25) is 5.91 Å². The summed E-state index contributed by atoms with van der Waals surface area (Å²) in [5.41, 5.74) is 5.46. The van der Waals surface area contributed by atoms with E-state index in [-0.39, 0.29) is 12.5 Å². The van der Waals surface area contributed by atoms with Gasteiger partial charge in [-0.1, -0.05) is 0 Å². The maximum Gasteiger partial charge on any atom is 0.305 e. The molecule has 2 atom stereocenters. The van der Waals surface area contributed by atoms with Crippen LogP contribution in [0, 0.1) is 17.2 Å². The first-order valence-electron chi connectivity index (χ1n) is 5.08. The molecule has 1 amide bonds. The summed E-state index contributed by atoms with van der Waals surface area (Å²) in [6.45, 7) is 4.14. The molecule has 6 heteroatoms. The molecule has 0 aliphatic rings. The van der Waals surface area contributed by atoms with E-state index in [1.165, 1.54) is 4.90 Å². The predicted molar refractivity (Wildman–Crippen MR) is 57.3 cm³/mol. The number of carbonyl (C=O) groups excluding carboxylic acids is 1. The molecule has 0 saturated carbocycles. The van der Waals surface area contributed by atoms with Gasteiger partial charge in [0.1, 0.15) is 0 Å². The monoisotopic (exact) mass is 227 g/mol. The summed E-state index contributed by atoms with van der Waals surface area (Å²) in [6, 6.07) is 0.975. The number of nitrogens with two attached hydrogens (primary N) is 1. The van der Waals surface area contributed by atoms with Gasteiger partial charge in [-0.25, -0.2) is 0 Å². The molecule has 0 aliphatic heterocycles. The maximum absolute atomic E-state index is 11.7. The zero-order valence-electron chi connectivity index (χ0n) is 9.51. The van der Waals surface area contributed by atoms with E-state index < -0.39 is 24.3 Å². The van der Waals surface area contributed by atoms with Gasteiger partial charge in [-0.3, -0.25) is 9.59 Å². The molecule has 0 bridgehead atoms. The molecule has 16 heavy (non-hydrogen) atoms. The number of nitrogens with zero attached hydrogens (tertiary/aromatic N) is 2. The zero-order chi connectivity index (χ0) is 12.7. The molecule has 90 valence electrons. The molecule has 0 rings (SSSR count). The van der Waals surface area contributed by atoms with E-state index in [2.05, 4.69) is 0 Å². The van der Waals surface area contributed by atoms with Crippen molar-refractivity contribution in [3.05, 3.63) is 0 Å². The van der Waals surface area contributed by atoms with Crippen molar-refractivity contribution in [1.82, 2.24) is 4.90 Å². The number of hydrogen-bond acceptors (Lipinski definition) is 4. The lowest BCUT2D eigenvalue weighted by atomic mass is 10.1. The van der Waals surface area contributed by atoms with Crippen LogP contribution in [0.1, 0.15) is 20.3 Å². The Bertz CT molecular complexity index is 298. The van der Waals surface area contributed by atoms with Crippen molar-refractivity contribution in [3.63, 3.8) is 0 Å². The third-order valence-corrected chi connectivity index (χ3v) is 2.12. The summed E-state index contributed by atoms with van der Waals surface area (Å²) in [7, 11) is 0. The van der Waals surface area contributed by atoms with Crippen LogP contribution in [0.15, 0.2) is 0 Å².